The second-order valence-corrected chi connectivity index (χ2v) is 6.54. The maximum atomic E-state index is 12.0. The number of carbonyl (C=O) groups is 1. The fourth-order valence-corrected chi connectivity index (χ4v) is 2.95. The van der Waals surface area contributed by atoms with Gasteiger partial charge in [-0.25, -0.2) is 0 Å². The molecule has 1 aliphatic heterocycles. The van der Waals surface area contributed by atoms with Gasteiger partial charge >= 0.3 is 0 Å². The lowest BCUT2D eigenvalue weighted by molar-refractivity contribution is -0.120. The molecule has 2 aromatic carbocycles. The van der Waals surface area contributed by atoms with E-state index in [1.165, 1.54) is 0 Å². The topological polar surface area (TPSA) is 47.6 Å². The van der Waals surface area contributed by atoms with E-state index in [1.54, 1.807) is 6.07 Å². The van der Waals surface area contributed by atoms with Crippen LogP contribution in [0.5, 0.6) is 5.75 Å². The first-order valence-electron chi connectivity index (χ1n) is 8.54. The van der Waals surface area contributed by atoms with Gasteiger partial charge in [0.1, 0.15) is 12.4 Å². The summed E-state index contributed by atoms with van der Waals surface area (Å²) in [4.78, 5) is 12.0. The highest BCUT2D eigenvalue weighted by atomic mass is 35.5. The van der Waals surface area contributed by atoms with E-state index >= 15 is 0 Å². The molecule has 0 bridgehead atoms. The maximum Gasteiger partial charge on any atom is 0.224 e. The fourth-order valence-electron chi connectivity index (χ4n) is 2.75. The predicted octanol–water partition coefficient (Wildman–Crippen LogP) is 3.76. The predicted molar refractivity (Wildman–Crippen MR) is 97.9 cm³/mol. The van der Waals surface area contributed by atoms with Crippen molar-refractivity contribution in [2.75, 3.05) is 13.2 Å². The maximum absolute atomic E-state index is 12.0. The third-order valence-corrected chi connectivity index (χ3v) is 4.55. The summed E-state index contributed by atoms with van der Waals surface area (Å²) in [7, 11) is 0. The van der Waals surface area contributed by atoms with Crippen LogP contribution in [0.25, 0.3) is 0 Å². The minimum absolute atomic E-state index is 0.0493. The van der Waals surface area contributed by atoms with E-state index in [-0.39, 0.29) is 18.4 Å². The van der Waals surface area contributed by atoms with Gasteiger partial charge in [-0.05, 0) is 42.2 Å². The van der Waals surface area contributed by atoms with Crippen LogP contribution in [0.3, 0.4) is 0 Å². The van der Waals surface area contributed by atoms with E-state index in [1.807, 2.05) is 42.5 Å². The first-order valence-corrected chi connectivity index (χ1v) is 8.92. The summed E-state index contributed by atoms with van der Waals surface area (Å²) in [5, 5.41) is 3.53. The van der Waals surface area contributed by atoms with Crippen molar-refractivity contribution >= 4 is 17.5 Å². The Labute approximate surface area is 153 Å². The number of hydrogen-bond acceptors (Lipinski definition) is 3. The molecule has 1 fully saturated rings. The van der Waals surface area contributed by atoms with Crippen LogP contribution in [0.15, 0.2) is 48.5 Å². The van der Waals surface area contributed by atoms with E-state index in [0.717, 1.165) is 36.3 Å². The van der Waals surface area contributed by atoms with E-state index in [2.05, 4.69) is 5.32 Å². The standard InChI is InChI=1S/C20H22ClNO3/c21-19-6-2-1-4-16(19)12-20(23)22-13-15-7-9-17(10-8-15)25-14-18-5-3-11-24-18/h1-2,4,6-10,18H,3,5,11-14H2,(H,22,23)/t18-/m1/s1. The third-order valence-electron chi connectivity index (χ3n) is 4.18. The van der Waals surface area contributed by atoms with Gasteiger partial charge in [-0.2, -0.15) is 0 Å². The molecule has 5 heteroatoms. The van der Waals surface area contributed by atoms with Gasteiger partial charge in [-0.15, -0.1) is 0 Å². The molecule has 25 heavy (non-hydrogen) atoms. The highest BCUT2D eigenvalue weighted by Gasteiger charge is 2.15. The van der Waals surface area contributed by atoms with Crippen molar-refractivity contribution in [1.29, 1.82) is 0 Å². The number of nitrogens with one attached hydrogen (secondary N) is 1. The molecule has 0 spiro atoms. The van der Waals surface area contributed by atoms with Gasteiger partial charge < -0.3 is 14.8 Å². The van der Waals surface area contributed by atoms with Crippen molar-refractivity contribution in [2.45, 2.75) is 31.9 Å². The zero-order valence-corrected chi connectivity index (χ0v) is 14.8. The molecule has 132 valence electrons. The molecule has 0 saturated carbocycles. The third kappa shape index (κ3) is 5.48. The van der Waals surface area contributed by atoms with Crippen LogP contribution in [0.4, 0.5) is 0 Å². The summed E-state index contributed by atoms with van der Waals surface area (Å²) in [6, 6.07) is 15.1. The number of carbonyl (C=O) groups excluding carboxylic acids is 1. The molecule has 1 amide bonds. The van der Waals surface area contributed by atoms with Gasteiger partial charge in [-0.1, -0.05) is 41.9 Å². The molecule has 1 N–H and O–H groups in total. The minimum Gasteiger partial charge on any atom is -0.491 e. The largest absolute Gasteiger partial charge is 0.491 e. The molecule has 1 atom stereocenters. The van der Waals surface area contributed by atoms with E-state index in [4.69, 9.17) is 21.1 Å². The Kier molecular flexibility index (Phi) is 6.31. The van der Waals surface area contributed by atoms with Crippen LogP contribution in [-0.2, 0) is 22.5 Å². The number of halogens is 1. The molecule has 1 aliphatic rings. The van der Waals surface area contributed by atoms with Gasteiger partial charge in [0, 0.05) is 18.2 Å². The van der Waals surface area contributed by atoms with Gasteiger partial charge in [0.15, 0.2) is 0 Å². The zero-order valence-electron chi connectivity index (χ0n) is 14.0. The lowest BCUT2D eigenvalue weighted by Gasteiger charge is -2.12. The fraction of sp³-hybridized carbons (Fsp3) is 0.350. The van der Waals surface area contributed by atoms with Gasteiger partial charge in [0.25, 0.3) is 0 Å². The number of rotatable bonds is 7. The van der Waals surface area contributed by atoms with Crippen molar-refractivity contribution in [2.24, 2.45) is 0 Å². The van der Waals surface area contributed by atoms with Gasteiger partial charge in [-0.3, -0.25) is 4.79 Å². The summed E-state index contributed by atoms with van der Waals surface area (Å²) in [6.07, 6.45) is 2.67. The van der Waals surface area contributed by atoms with Crippen LogP contribution < -0.4 is 10.1 Å². The number of benzene rings is 2. The Morgan fingerprint density at radius 3 is 2.72 bits per heavy atom. The second-order valence-electron chi connectivity index (χ2n) is 6.13. The molecule has 0 aliphatic carbocycles. The van der Waals surface area contributed by atoms with Crippen LogP contribution in [0.2, 0.25) is 5.02 Å². The molecular formula is C20H22ClNO3. The van der Waals surface area contributed by atoms with Crippen molar-refractivity contribution in [3.05, 3.63) is 64.7 Å². The monoisotopic (exact) mass is 359 g/mol. The van der Waals surface area contributed by atoms with Crippen molar-refractivity contribution in [3.8, 4) is 5.75 Å². The summed E-state index contributed by atoms with van der Waals surface area (Å²) >= 11 is 6.08. The van der Waals surface area contributed by atoms with Gasteiger partial charge in [0.05, 0.1) is 12.5 Å². The Morgan fingerprint density at radius 1 is 1.20 bits per heavy atom. The number of hydrogen-bond donors (Lipinski definition) is 1. The SMILES string of the molecule is O=C(Cc1ccccc1Cl)NCc1ccc(OC[C@H]2CCCO2)cc1. The molecule has 1 heterocycles. The Morgan fingerprint density at radius 2 is 2.00 bits per heavy atom. The lowest BCUT2D eigenvalue weighted by Crippen LogP contribution is -2.24. The highest BCUT2D eigenvalue weighted by Crippen LogP contribution is 2.17. The van der Waals surface area contributed by atoms with E-state index in [9.17, 15) is 4.79 Å². The van der Waals surface area contributed by atoms with Crippen molar-refractivity contribution in [1.82, 2.24) is 5.32 Å². The van der Waals surface area contributed by atoms with Crippen LogP contribution in [0, 0.1) is 0 Å². The van der Waals surface area contributed by atoms with Gasteiger partial charge in [0.2, 0.25) is 5.91 Å². The smallest absolute Gasteiger partial charge is 0.224 e. The first-order chi connectivity index (χ1) is 12.2. The average molecular weight is 360 g/mol. The summed E-state index contributed by atoms with van der Waals surface area (Å²) in [5.41, 5.74) is 1.86. The van der Waals surface area contributed by atoms with Crippen molar-refractivity contribution in [3.63, 3.8) is 0 Å². The van der Waals surface area contributed by atoms with Crippen molar-refractivity contribution < 1.29 is 14.3 Å². The lowest BCUT2D eigenvalue weighted by atomic mass is 10.1. The first kappa shape index (κ1) is 17.8. The summed E-state index contributed by atoms with van der Waals surface area (Å²) < 4.78 is 11.3. The molecule has 0 unspecified atom stereocenters. The molecule has 0 aromatic heterocycles. The summed E-state index contributed by atoms with van der Waals surface area (Å²) in [6.45, 7) is 1.91. The minimum atomic E-state index is -0.0493. The Bertz CT molecular complexity index is 696. The average Bonchev–Trinajstić information content (AvgIpc) is 3.15. The van der Waals surface area contributed by atoms with Crippen LogP contribution >= 0.6 is 11.6 Å². The molecular weight excluding hydrogens is 338 g/mol. The molecule has 2 aromatic rings. The zero-order chi connectivity index (χ0) is 17.5. The normalized spacial score (nSPS) is 16.6. The number of ether oxygens (including phenoxy) is 2. The molecule has 0 radical (unpaired) electrons. The molecule has 1 saturated heterocycles. The quantitative estimate of drug-likeness (QED) is 0.818. The van der Waals surface area contributed by atoms with Crippen LogP contribution in [0.1, 0.15) is 24.0 Å². The van der Waals surface area contributed by atoms with Crippen LogP contribution in [-0.4, -0.2) is 25.2 Å². The van der Waals surface area contributed by atoms with E-state index < -0.39 is 0 Å². The second kappa shape index (κ2) is 8.88. The molecule has 4 nitrogen and oxygen atoms in total. The van der Waals surface area contributed by atoms with E-state index in [0.29, 0.717) is 18.2 Å². The number of amides is 1. The highest BCUT2D eigenvalue weighted by molar-refractivity contribution is 6.31. The summed E-state index contributed by atoms with van der Waals surface area (Å²) in [5.74, 6) is 0.772. The Balaban J connectivity index is 1.43. The Hall–Kier alpha value is -2.04. The molecule has 3 rings (SSSR count).